The van der Waals surface area contributed by atoms with Crippen LogP contribution in [0.3, 0.4) is 0 Å². The average molecular weight is 412 g/mol. The third-order valence-corrected chi connectivity index (χ3v) is 8.42. The molecule has 4 aliphatic carbocycles. The van der Waals surface area contributed by atoms with Crippen molar-refractivity contribution in [3.63, 3.8) is 0 Å². The molecule has 8 heteroatoms. The largest absolute Gasteiger partial charge is 0.390 e. The van der Waals surface area contributed by atoms with Crippen LogP contribution in [-0.4, -0.2) is 68.2 Å². The van der Waals surface area contributed by atoms with Crippen LogP contribution in [0.15, 0.2) is 23.8 Å². The van der Waals surface area contributed by atoms with Gasteiger partial charge in [-0.1, -0.05) is 13.0 Å². The number of fused-ring (bicyclic) bond motifs is 5. The zero-order valence-corrected chi connectivity index (χ0v) is 16.3. The van der Waals surface area contributed by atoms with Gasteiger partial charge in [0.05, 0.1) is 12.2 Å². The maximum atomic E-state index is 16.8. The van der Waals surface area contributed by atoms with Crippen molar-refractivity contribution in [2.75, 3.05) is 6.61 Å². The second-order valence-electron chi connectivity index (χ2n) is 9.46. The van der Waals surface area contributed by atoms with E-state index in [1.54, 1.807) is 0 Å². The minimum absolute atomic E-state index is 0.0216. The van der Waals surface area contributed by atoms with Crippen molar-refractivity contribution >= 4 is 11.6 Å². The molecular weight excluding hydrogens is 386 g/mol. The summed E-state index contributed by atoms with van der Waals surface area (Å²) in [4.78, 5) is 24.2. The van der Waals surface area contributed by atoms with Crippen molar-refractivity contribution in [3.8, 4) is 0 Å². The van der Waals surface area contributed by atoms with Crippen LogP contribution in [0.4, 0.5) is 8.78 Å². The van der Waals surface area contributed by atoms with Crippen LogP contribution in [0.1, 0.15) is 33.1 Å². The van der Waals surface area contributed by atoms with Gasteiger partial charge in [-0.15, -0.1) is 0 Å². The van der Waals surface area contributed by atoms with Gasteiger partial charge in [0.1, 0.15) is 12.8 Å². The first-order valence-corrected chi connectivity index (χ1v) is 9.88. The summed E-state index contributed by atoms with van der Waals surface area (Å²) in [6.07, 6.45) is -2.21. The molecule has 0 aromatic carbocycles. The van der Waals surface area contributed by atoms with Gasteiger partial charge < -0.3 is 20.4 Å². The Kier molecular flexibility index (Phi) is 4.32. The summed E-state index contributed by atoms with van der Waals surface area (Å²) in [5, 5.41) is 42.0. The zero-order valence-electron chi connectivity index (χ0n) is 16.3. The molecule has 29 heavy (non-hydrogen) atoms. The van der Waals surface area contributed by atoms with Crippen LogP contribution in [-0.2, 0) is 9.59 Å². The standard InChI is InChI=1S/C21H26F2O6/c1-18-4-3-10(25)5-13(18)14(22)6-12-11-7-15(26)21(29,17(28)9-24)19(11,2)8-16(27)20(12,18)23/h3-5,11-12,14-16,24,26-27,29H,6-9H2,1-2H3/t11?,12-,14-,15?,16-,18-,19-,20-,21?/m0/s1. The third kappa shape index (κ3) is 2.18. The first-order valence-electron chi connectivity index (χ1n) is 9.88. The van der Waals surface area contributed by atoms with Crippen molar-refractivity contribution in [2.45, 2.75) is 62.8 Å². The molecule has 3 fully saturated rings. The summed E-state index contributed by atoms with van der Waals surface area (Å²) >= 11 is 0. The Bertz CT molecular complexity index is 841. The van der Waals surface area contributed by atoms with E-state index in [1.165, 1.54) is 19.9 Å². The molecule has 4 N–H and O–H groups in total. The van der Waals surface area contributed by atoms with E-state index in [4.69, 9.17) is 0 Å². The maximum absolute atomic E-state index is 16.8. The fraction of sp³-hybridized carbons (Fsp3) is 0.714. The fourth-order valence-corrected chi connectivity index (χ4v) is 6.84. The predicted molar refractivity (Wildman–Crippen MR) is 97.1 cm³/mol. The molecule has 160 valence electrons. The lowest BCUT2D eigenvalue weighted by Crippen LogP contribution is -2.70. The van der Waals surface area contributed by atoms with Crippen LogP contribution >= 0.6 is 0 Å². The van der Waals surface area contributed by atoms with Gasteiger partial charge in [0.25, 0.3) is 0 Å². The minimum Gasteiger partial charge on any atom is -0.390 e. The number of ketones is 2. The lowest BCUT2D eigenvalue weighted by atomic mass is 9.44. The number of Topliss-reactive ketones (excluding diaryl/α,β-unsaturated/α-hetero) is 1. The van der Waals surface area contributed by atoms with Crippen molar-refractivity contribution in [1.82, 2.24) is 0 Å². The van der Waals surface area contributed by atoms with Crippen LogP contribution < -0.4 is 0 Å². The number of halogens is 2. The highest BCUT2D eigenvalue weighted by Gasteiger charge is 2.77. The molecule has 4 rings (SSSR count). The van der Waals surface area contributed by atoms with Crippen LogP contribution in [0.25, 0.3) is 0 Å². The molecular formula is C21H26F2O6. The molecule has 3 saturated carbocycles. The Morgan fingerprint density at radius 3 is 2.48 bits per heavy atom. The van der Waals surface area contributed by atoms with E-state index in [9.17, 15) is 30.0 Å². The van der Waals surface area contributed by atoms with Gasteiger partial charge in [-0.3, -0.25) is 9.59 Å². The molecule has 0 heterocycles. The fourth-order valence-electron chi connectivity index (χ4n) is 6.84. The molecule has 0 amide bonds. The molecule has 0 aromatic heterocycles. The molecule has 0 aromatic rings. The first kappa shape index (κ1) is 20.8. The highest BCUT2D eigenvalue weighted by molar-refractivity contribution is 6.01. The topological polar surface area (TPSA) is 115 Å². The van der Waals surface area contributed by atoms with Crippen molar-refractivity contribution in [3.05, 3.63) is 23.8 Å². The molecule has 3 unspecified atom stereocenters. The average Bonchev–Trinajstić information content (AvgIpc) is 2.86. The second kappa shape index (κ2) is 6.03. The number of hydrogen-bond acceptors (Lipinski definition) is 6. The highest BCUT2D eigenvalue weighted by Crippen LogP contribution is 2.69. The number of carbonyl (C=O) groups is 2. The van der Waals surface area contributed by atoms with E-state index in [1.807, 2.05) is 0 Å². The number of alkyl halides is 2. The van der Waals surface area contributed by atoms with Crippen LogP contribution in [0, 0.1) is 22.7 Å². The normalized spacial score (nSPS) is 53.7. The Morgan fingerprint density at radius 2 is 1.86 bits per heavy atom. The molecule has 0 saturated heterocycles. The zero-order chi connectivity index (χ0) is 21.6. The number of rotatable bonds is 2. The summed E-state index contributed by atoms with van der Waals surface area (Å²) in [5.74, 6) is -3.37. The van der Waals surface area contributed by atoms with E-state index in [-0.39, 0.29) is 24.8 Å². The van der Waals surface area contributed by atoms with Gasteiger partial charge in [-0.2, -0.15) is 0 Å². The summed E-state index contributed by atoms with van der Waals surface area (Å²) in [7, 11) is 0. The number of carbonyl (C=O) groups excluding carboxylic acids is 2. The van der Waals surface area contributed by atoms with Gasteiger partial charge in [0.15, 0.2) is 22.8 Å². The number of aliphatic hydroxyl groups excluding tert-OH is 3. The van der Waals surface area contributed by atoms with Gasteiger partial charge in [0, 0.05) is 16.7 Å². The Hall–Kier alpha value is -1.48. The van der Waals surface area contributed by atoms with E-state index < -0.39 is 70.5 Å². The van der Waals surface area contributed by atoms with Gasteiger partial charge in [0.2, 0.25) is 0 Å². The Labute approximate surface area is 166 Å². The van der Waals surface area contributed by atoms with E-state index >= 15 is 8.78 Å². The molecule has 0 spiro atoms. The number of allylic oxidation sites excluding steroid dienone is 4. The molecule has 4 aliphatic rings. The van der Waals surface area contributed by atoms with Crippen molar-refractivity contribution < 1.29 is 38.8 Å². The van der Waals surface area contributed by atoms with E-state index in [0.29, 0.717) is 0 Å². The van der Waals surface area contributed by atoms with Crippen molar-refractivity contribution in [2.24, 2.45) is 22.7 Å². The third-order valence-electron chi connectivity index (χ3n) is 8.42. The van der Waals surface area contributed by atoms with Crippen molar-refractivity contribution in [1.29, 1.82) is 0 Å². The predicted octanol–water partition coefficient (Wildman–Crippen LogP) is 0.568. The molecule has 0 aliphatic heterocycles. The quantitative estimate of drug-likeness (QED) is 0.527. The molecule has 6 nitrogen and oxygen atoms in total. The highest BCUT2D eigenvalue weighted by atomic mass is 19.1. The smallest absolute Gasteiger partial charge is 0.192 e. The van der Waals surface area contributed by atoms with Crippen LogP contribution in [0.2, 0.25) is 0 Å². The lowest BCUT2D eigenvalue weighted by molar-refractivity contribution is -0.226. The van der Waals surface area contributed by atoms with Gasteiger partial charge in [-0.25, -0.2) is 8.78 Å². The Balaban J connectivity index is 1.87. The minimum atomic E-state index is -2.37. The maximum Gasteiger partial charge on any atom is 0.192 e. The van der Waals surface area contributed by atoms with Crippen LogP contribution in [0.5, 0.6) is 0 Å². The second-order valence-corrected chi connectivity index (χ2v) is 9.46. The summed E-state index contributed by atoms with van der Waals surface area (Å²) < 4.78 is 32.0. The first-order chi connectivity index (χ1) is 13.4. The number of aliphatic hydroxyl groups is 4. The summed E-state index contributed by atoms with van der Waals surface area (Å²) in [5.41, 5.74) is -7.76. The van der Waals surface area contributed by atoms with Gasteiger partial charge in [-0.05, 0) is 49.8 Å². The lowest BCUT2D eigenvalue weighted by Gasteiger charge is -2.62. The molecule has 9 atom stereocenters. The summed E-state index contributed by atoms with van der Waals surface area (Å²) in [6.45, 7) is 1.91. The summed E-state index contributed by atoms with van der Waals surface area (Å²) in [6, 6.07) is 0. The SMILES string of the molecule is C[C@]12C[C@H](O)[C@@]3(F)[C@@H](C[C@H](F)C4=CC(=O)C=C[C@@]43C)C1CC(O)C2(O)C(=O)CO. The number of hydrogen-bond donors (Lipinski definition) is 4. The van der Waals surface area contributed by atoms with E-state index in [2.05, 4.69) is 0 Å². The van der Waals surface area contributed by atoms with Gasteiger partial charge >= 0.3 is 0 Å². The molecule has 0 radical (unpaired) electrons. The Morgan fingerprint density at radius 1 is 1.21 bits per heavy atom. The molecule has 0 bridgehead atoms. The van der Waals surface area contributed by atoms with E-state index in [0.717, 1.165) is 12.2 Å². The monoisotopic (exact) mass is 412 g/mol.